The first-order valence-electron chi connectivity index (χ1n) is 6.38. The number of rotatable bonds is 2. The van der Waals surface area contributed by atoms with E-state index in [4.69, 9.17) is 4.74 Å². The molecule has 1 amide bonds. The first-order chi connectivity index (χ1) is 7.79. The van der Waals surface area contributed by atoms with Gasteiger partial charge < -0.3 is 15.0 Å². The molecular formula is C12H22N2O2. The Morgan fingerprint density at radius 3 is 2.62 bits per heavy atom. The van der Waals surface area contributed by atoms with Crippen molar-refractivity contribution in [3.63, 3.8) is 0 Å². The molecule has 0 aliphatic carbocycles. The third-order valence-electron chi connectivity index (χ3n) is 3.66. The number of carbonyl (C=O) groups is 1. The average molecular weight is 226 g/mol. The van der Waals surface area contributed by atoms with Crippen molar-refractivity contribution < 1.29 is 9.53 Å². The summed E-state index contributed by atoms with van der Waals surface area (Å²) in [4.78, 5) is 14.1. The van der Waals surface area contributed by atoms with Crippen LogP contribution in [0.15, 0.2) is 0 Å². The van der Waals surface area contributed by atoms with Crippen LogP contribution in [0.1, 0.15) is 32.1 Å². The second-order valence-electron chi connectivity index (χ2n) is 4.79. The summed E-state index contributed by atoms with van der Waals surface area (Å²) >= 11 is 0. The summed E-state index contributed by atoms with van der Waals surface area (Å²) < 4.78 is 5.54. The molecule has 2 aliphatic rings. The fourth-order valence-electron chi connectivity index (χ4n) is 2.54. The summed E-state index contributed by atoms with van der Waals surface area (Å²) in [5, 5.41) is 3.32. The van der Waals surface area contributed by atoms with E-state index in [9.17, 15) is 4.79 Å². The van der Waals surface area contributed by atoms with Crippen LogP contribution >= 0.6 is 0 Å². The van der Waals surface area contributed by atoms with E-state index in [1.165, 1.54) is 0 Å². The fraction of sp³-hybridized carbons (Fsp3) is 0.917. The zero-order valence-electron chi connectivity index (χ0n) is 10.1. The quantitative estimate of drug-likeness (QED) is 0.756. The van der Waals surface area contributed by atoms with Crippen molar-refractivity contribution in [1.82, 2.24) is 10.2 Å². The van der Waals surface area contributed by atoms with Gasteiger partial charge in [0.15, 0.2) is 0 Å². The molecule has 1 N–H and O–H groups in total. The van der Waals surface area contributed by atoms with Gasteiger partial charge in [-0.2, -0.15) is 0 Å². The molecule has 1 unspecified atom stereocenters. The normalized spacial score (nSPS) is 27.7. The zero-order chi connectivity index (χ0) is 11.4. The largest absolute Gasteiger partial charge is 0.368 e. The van der Waals surface area contributed by atoms with E-state index in [-0.39, 0.29) is 12.0 Å². The Morgan fingerprint density at radius 1 is 1.25 bits per heavy atom. The van der Waals surface area contributed by atoms with Gasteiger partial charge in [0.1, 0.15) is 6.10 Å². The van der Waals surface area contributed by atoms with Gasteiger partial charge in [-0.3, -0.25) is 4.79 Å². The van der Waals surface area contributed by atoms with E-state index in [0.29, 0.717) is 6.04 Å². The van der Waals surface area contributed by atoms with E-state index in [1.807, 2.05) is 11.9 Å². The molecule has 0 bridgehead atoms. The maximum Gasteiger partial charge on any atom is 0.251 e. The molecule has 0 aromatic carbocycles. The molecule has 0 aromatic rings. The zero-order valence-corrected chi connectivity index (χ0v) is 10.1. The highest BCUT2D eigenvalue weighted by Gasteiger charge is 2.29. The van der Waals surface area contributed by atoms with E-state index < -0.39 is 0 Å². The SMILES string of the molecule is CN(C(=O)C1CCCCO1)C1CCNCC1. The predicted molar refractivity (Wildman–Crippen MR) is 62.3 cm³/mol. The number of piperidine rings is 1. The predicted octanol–water partition coefficient (Wildman–Crippen LogP) is 0.766. The molecule has 2 rings (SSSR count). The molecule has 4 nitrogen and oxygen atoms in total. The minimum absolute atomic E-state index is 0.173. The number of nitrogens with one attached hydrogen (secondary N) is 1. The summed E-state index contributed by atoms with van der Waals surface area (Å²) in [5.74, 6) is 0.187. The van der Waals surface area contributed by atoms with Crippen LogP contribution in [0.5, 0.6) is 0 Å². The van der Waals surface area contributed by atoms with E-state index in [2.05, 4.69) is 5.32 Å². The van der Waals surface area contributed by atoms with Gasteiger partial charge in [0, 0.05) is 19.7 Å². The number of hydrogen-bond donors (Lipinski definition) is 1. The van der Waals surface area contributed by atoms with E-state index >= 15 is 0 Å². The molecule has 2 fully saturated rings. The topological polar surface area (TPSA) is 41.6 Å². The summed E-state index contributed by atoms with van der Waals surface area (Å²) in [6.07, 6.45) is 5.07. The number of carbonyl (C=O) groups excluding carboxylic acids is 1. The van der Waals surface area contributed by atoms with Crippen molar-refractivity contribution >= 4 is 5.91 Å². The van der Waals surface area contributed by atoms with Crippen molar-refractivity contribution in [2.24, 2.45) is 0 Å². The van der Waals surface area contributed by atoms with Gasteiger partial charge in [0.2, 0.25) is 0 Å². The van der Waals surface area contributed by atoms with Gasteiger partial charge in [-0.25, -0.2) is 0 Å². The Balaban J connectivity index is 1.86. The van der Waals surface area contributed by atoms with Gasteiger partial charge in [0.25, 0.3) is 5.91 Å². The van der Waals surface area contributed by atoms with Crippen molar-refractivity contribution in [2.45, 2.75) is 44.2 Å². The summed E-state index contributed by atoms with van der Waals surface area (Å²) in [6, 6.07) is 0.402. The molecule has 1 atom stereocenters. The smallest absolute Gasteiger partial charge is 0.251 e. The van der Waals surface area contributed by atoms with Gasteiger partial charge >= 0.3 is 0 Å². The van der Waals surface area contributed by atoms with Crippen molar-refractivity contribution in [1.29, 1.82) is 0 Å². The molecule has 2 heterocycles. The molecule has 2 aliphatic heterocycles. The van der Waals surface area contributed by atoms with Crippen LogP contribution in [0, 0.1) is 0 Å². The molecule has 92 valence electrons. The average Bonchev–Trinajstić information content (AvgIpc) is 2.39. The van der Waals surface area contributed by atoms with E-state index in [1.54, 1.807) is 0 Å². The molecule has 0 aromatic heterocycles. The third-order valence-corrected chi connectivity index (χ3v) is 3.66. The monoisotopic (exact) mass is 226 g/mol. The number of amides is 1. The molecular weight excluding hydrogens is 204 g/mol. The lowest BCUT2D eigenvalue weighted by Crippen LogP contribution is -2.48. The number of nitrogens with zero attached hydrogens (tertiary/aromatic N) is 1. The molecule has 0 radical (unpaired) electrons. The highest BCUT2D eigenvalue weighted by Crippen LogP contribution is 2.18. The lowest BCUT2D eigenvalue weighted by Gasteiger charge is -2.34. The Bertz CT molecular complexity index is 233. The van der Waals surface area contributed by atoms with Crippen LogP contribution in [0.4, 0.5) is 0 Å². The van der Waals surface area contributed by atoms with Crippen LogP contribution in [-0.4, -0.2) is 49.7 Å². The van der Waals surface area contributed by atoms with Gasteiger partial charge in [-0.05, 0) is 45.2 Å². The second-order valence-corrected chi connectivity index (χ2v) is 4.79. The van der Waals surface area contributed by atoms with E-state index in [0.717, 1.165) is 51.8 Å². The number of ether oxygens (including phenoxy) is 1. The summed E-state index contributed by atoms with van der Waals surface area (Å²) in [6.45, 7) is 2.79. The van der Waals surface area contributed by atoms with Crippen LogP contribution in [0.2, 0.25) is 0 Å². The minimum atomic E-state index is -0.173. The van der Waals surface area contributed by atoms with Gasteiger partial charge in [0.05, 0.1) is 0 Å². The Hall–Kier alpha value is -0.610. The van der Waals surface area contributed by atoms with Gasteiger partial charge in [-0.15, -0.1) is 0 Å². The maximum absolute atomic E-state index is 12.2. The number of hydrogen-bond acceptors (Lipinski definition) is 3. The molecule has 0 spiro atoms. The van der Waals surface area contributed by atoms with Crippen LogP contribution in [0.25, 0.3) is 0 Å². The lowest BCUT2D eigenvalue weighted by molar-refractivity contribution is -0.147. The van der Waals surface area contributed by atoms with Crippen molar-refractivity contribution in [2.75, 3.05) is 26.7 Å². The molecule has 16 heavy (non-hydrogen) atoms. The first-order valence-corrected chi connectivity index (χ1v) is 6.38. The highest BCUT2D eigenvalue weighted by molar-refractivity contribution is 5.81. The standard InChI is InChI=1S/C12H22N2O2/c1-14(10-5-7-13-8-6-10)12(15)11-4-2-3-9-16-11/h10-11,13H,2-9H2,1H3. The van der Waals surface area contributed by atoms with Crippen LogP contribution in [-0.2, 0) is 9.53 Å². The first kappa shape index (κ1) is 11.9. The van der Waals surface area contributed by atoms with Crippen molar-refractivity contribution in [3.05, 3.63) is 0 Å². The molecule has 4 heteroatoms. The Morgan fingerprint density at radius 2 is 2.00 bits per heavy atom. The highest BCUT2D eigenvalue weighted by atomic mass is 16.5. The molecule has 2 saturated heterocycles. The van der Waals surface area contributed by atoms with Crippen LogP contribution < -0.4 is 5.32 Å². The molecule has 0 saturated carbocycles. The van der Waals surface area contributed by atoms with Crippen LogP contribution in [0.3, 0.4) is 0 Å². The third kappa shape index (κ3) is 2.74. The second kappa shape index (κ2) is 5.64. The number of likely N-dealkylation sites (N-methyl/N-ethyl adjacent to an activating group) is 1. The summed E-state index contributed by atoms with van der Waals surface area (Å²) in [7, 11) is 1.93. The maximum atomic E-state index is 12.2. The van der Waals surface area contributed by atoms with Gasteiger partial charge in [-0.1, -0.05) is 0 Å². The van der Waals surface area contributed by atoms with Crippen molar-refractivity contribution in [3.8, 4) is 0 Å². The fourth-order valence-corrected chi connectivity index (χ4v) is 2.54. The minimum Gasteiger partial charge on any atom is -0.368 e. The lowest BCUT2D eigenvalue weighted by atomic mass is 10.0. The summed E-state index contributed by atoms with van der Waals surface area (Å²) in [5.41, 5.74) is 0. The Kier molecular flexibility index (Phi) is 4.18. The Labute approximate surface area is 97.3 Å².